The van der Waals surface area contributed by atoms with E-state index in [0.29, 0.717) is 11.9 Å². The summed E-state index contributed by atoms with van der Waals surface area (Å²) in [4.78, 5) is 6.87. The molecule has 0 aromatic carbocycles. The first-order valence-corrected chi connectivity index (χ1v) is 7.10. The van der Waals surface area contributed by atoms with E-state index in [1.165, 1.54) is 13.0 Å². The maximum atomic E-state index is 5.82. The number of ether oxygens (including phenoxy) is 1. The lowest BCUT2D eigenvalue weighted by Gasteiger charge is -2.12. The number of nitrogens with zero attached hydrogens (tertiary/aromatic N) is 2. The fourth-order valence-corrected chi connectivity index (χ4v) is 2.17. The Labute approximate surface area is 134 Å². The first kappa shape index (κ1) is 18.9. The van der Waals surface area contributed by atoms with E-state index in [1.807, 2.05) is 6.92 Å². The van der Waals surface area contributed by atoms with Crippen LogP contribution in [-0.2, 0) is 4.74 Å². The van der Waals surface area contributed by atoms with Crippen LogP contribution in [0.3, 0.4) is 0 Å². The lowest BCUT2D eigenvalue weighted by Crippen LogP contribution is -2.33. The van der Waals surface area contributed by atoms with Gasteiger partial charge in [0.15, 0.2) is 5.96 Å². The Kier molecular flexibility index (Phi) is 11.7. The molecule has 0 aromatic rings. The quantitative estimate of drug-likeness (QED) is 0.287. The van der Waals surface area contributed by atoms with Gasteiger partial charge in [-0.3, -0.25) is 4.99 Å². The maximum absolute atomic E-state index is 5.82. The average Bonchev–Trinajstić information content (AvgIpc) is 2.84. The van der Waals surface area contributed by atoms with Crippen molar-refractivity contribution in [2.45, 2.75) is 26.7 Å². The summed E-state index contributed by atoms with van der Waals surface area (Å²) in [6, 6.07) is 0. The number of rotatable bonds is 8. The summed E-state index contributed by atoms with van der Waals surface area (Å²) in [6.07, 6.45) is 2.21. The van der Waals surface area contributed by atoms with Crippen LogP contribution in [0.25, 0.3) is 0 Å². The van der Waals surface area contributed by atoms with Crippen LogP contribution in [-0.4, -0.2) is 56.8 Å². The van der Waals surface area contributed by atoms with E-state index in [4.69, 9.17) is 10.5 Å². The number of aliphatic imine (C=N–C) groups is 1. The molecule has 1 aliphatic heterocycles. The molecule has 0 saturated carbocycles. The summed E-state index contributed by atoms with van der Waals surface area (Å²) in [5.41, 5.74) is 5.82. The molecule has 0 aromatic heterocycles. The molecule has 0 bridgehead atoms. The third kappa shape index (κ3) is 8.65. The van der Waals surface area contributed by atoms with Crippen molar-refractivity contribution in [2.75, 3.05) is 45.9 Å². The smallest absolute Gasteiger partial charge is 0.188 e. The van der Waals surface area contributed by atoms with Gasteiger partial charge in [-0.2, -0.15) is 0 Å². The summed E-state index contributed by atoms with van der Waals surface area (Å²) >= 11 is 0. The molecule has 0 aliphatic carbocycles. The Morgan fingerprint density at radius 3 is 2.89 bits per heavy atom. The van der Waals surface area contributed by atoms with E-state index in [9.17, 15) is 0 Å². The molecule has 1 heterocycles. The lowest BCUT2D eigenvalue weighted by molar-refractivity contribution is 0.145. The molecule has 1 unspecified atom stereocenters. The minimum atomic E-state index is 0. The van der Waals surface area contributed by atoms with Gasteiger partial charge < -0.3 is 20.7 Å². The summed E-state index contributed by atoms with van der Waals surface area (Å²) in [7, 11) is 0. The molecule has 3 N–H and O–H groups in total. The zero-order valence-electron chi connectivity index (χ0n) is 12.2. The Balaban J connectivity index is 0.00000324. The van der Waals surface area contributed by atoms with E-state index >= 15 is 0 Å². The first-order chi connectivity index (χ1) is 8.76. The van der Waals surface area contributed by atoms with Crippen LogP contribution in [0.4, 0.5) is 0 Å². The zero-order chi connectivity index (χ0) is 13.2. The second-order valence-corrected chi connectivity index (χ2v) is 4.75. The van der Waals surface area contributed by atoms with Crippen LogP contribution >= 0.6 is 24.0 Å². The summed E-state index contributed by atoms with van der Waals surface area (Å²) in [5.74, 6) is 1.25. The predicted octanol–water partition coefficient (Wildman–Crippen LogP) is 1.28. The Morgan fingerprint density at radius 1 is 1.47 bits per heavy atom. The largest absolute Gasteiger partial charge is 0.382 e. The van der Waals surface area contributed by atoms with Gasteiger partial charge in [0.2, 0.25) is 0 Å². The van der Waals surface area contributed by atoms with Crippen molar-refractivity contribution < 1.29 is 4.74 Å². The van der Waals surface area contributed by atoms with Crippen molar-refractivity contribution in [1.29, 1.82) is 0 Å². The van der Waals surface area contributed by atoms with Gasteiger partial charge in [0, 0.05) is 32.8 Å². The average molecular weight is 384 g/mol. The molecule has 1 rings (SSSR count). The number of nitrogens with one attached hydrogen (secondary N) is 1. The van der Waals surface area contributed by atoms with Crippen LogP contribution < -0.4 is 11.1 Å². The van der Waals surface area contributed by atoms with Crippen molar-refractivity contribution in [1.82, 2.24) is 10.2 Å². The molecule has 19 heavy (non-hydrogen) atoms. The number of hydrogen-bond acceptors (Lipinski definition) is 3. The molecule has 114 valence electrons. The third-order valence-corrected chi connectivity index (χ3v) is 3.31. The van der Waals surface area contributed by atoms with Gasteiger partial charge in [0.1, 0.15) is 0 Å². The van der Waals surface area contributed by atoms with Gasteiger partial charge in [-0.1, -0.05) is 6.92 Å². The Morgan fingerprint density at radius 2 is 2.26 bits per heavy atom. The summed E-state index contributed by atoms with van der Waals surface area (Å²) in [5, 5.41) is 3.12. The van der Waals surface area contributed by atoms with Crippen molar-refractivity contribution in [3.05, 3.63) is 0 Å². The second-order valence-electron chi connectivity index (χ2n) is 4.75. The van der Waals surface area contributed by atoms with Crippen molar-refractivity contribution >= 4 is 29.9 Å². The van der Waals surface area contributed by atoms with Crippen molar-refractivity contribution in [3.63, 3.8) is 0 Å². The number of hydrogen-bond donors (Lipinski definition) is 2. The normalized spacial score (nSPS) is 20.3. The maximum Gasteiger partial charge on any atom is 0.188 e. The van der Waals surface area contributed by atoms with Gasteiger partial charge in [-0.25, -0.2) is 0 Å². The fraction of sp³-hybridized carbons (Fsp3) is 0.923. The Hall–Kier alpha value is -0.0800. The molecule has 1 atom stereocenters. The molecule has 1 fully saturated rings. The summed E-state index contributed by atoms with van der Waals surface area (Å²) in [6.45, 7) is 11.0. The molecule has 0 spiro atoms. The highest BCUT2D eigenvalue weighted by Gasteiger charge is 2.20. The number of halogens is 1. The number of likely N-dealkylation sites (tertiary alicyclic amines) is 1. The molecular formula is C13H29IN4O. The van der Waals surface area contributed by atoms with Crippen LogP contribution in [0, 0.1) is 5.92 Å². The highest BCUT2D eigenvalue weighted by molar-refractivity contribution is 14.0. The second kappa shape index (κ2) is 11.7. The fourth-order valence-electron chi connectivity index (χ4n) is 2.17. The SMILES string of the molecule is CCOCCCNC(N)=NCC1CCN(CC)C1.I. The van der Waals surface area contributed by atoms with E-state index in [2.05, 4.69) is 22.1 Å². The zero-order valence-corrected chi connectivity index (χ0v) is 14.6. The predicted molar refractivity (Wildman–Crippen MR) is 91.2 cm³/mol. The molecule has 1 aliphatic rings. The number of guanidine groups is 1. The van der Waals surface area contributed by atoms with E-state index in [0.717, 1.165) is 45.8 Å². The highest BCUT2D eigenvalue weighted by Crippen LogP contribution is 2.15. The molecule has 5 nitrogen and oxygen atoms in total. The van der Waals surface area contributed by atoms with Crippen LogP contribution in [0.15, 0.2) is 4.99 Å². The van der Waals surface area contributed by atoms with Crippen LogP contribution in [0.1, 0.15) is 26.7 Å². The van der Waals surface area contributed by atoms with Gasteiger partial charge in [0.05, 0.1) is 0 Å². The van der Waals surface area contributed by atoms with Crippen molar-refractivity contribution in [2.24, 2.45) is 16.6 Å². The van der Waals surface area contributed by atoms with E-state index in [-0.39, 0.29) is 24.0 Å². The molecule has 6 heteroatoms. The molecule has 1 saturated heterocycles. The Bertz CT molecular complexity index is 251. The topological polar surface area (TPSA) is 62.9 Å². The highest BCUT2D eigenvalue weighted by atomic mass is 127. The van der Waals surface area contributed by atoms with Crippen molar-refractivity contribution in [3.8, 4) is 0 Å². The minimum Gasteiger partial charge on any atom is -0.382 e. The monoisotopic (exact) mass is 384 g/mol. The molecule has 0 amide bonds. The van der Waals surface area contributed by atoms with Gasteiger partial charge in [-0.05, 0) is 38.8 Å². The molecular weight excluding hydrogens is 355 g/mol. The minimum absolute atomic E-state index is 0. The number of nitrogens with two attached hydrogens (primary N) is 1. The van der Waals surface area contributed by atoms with E-state index in [1.54, 1.807) is 0 Å². The summed E-state index contributed by atoms with van der Waals surface area (Å²) < 4.78 is 5.25. The van der Waals surface area contributed by atoms with Crippen LogP contribution in [0.5, 0.6) is 0 Å². The lowest BCUT2D eigenvalue weighted by atomic mass is 10.1. The van der Waals surface area contributed by atoms with Gasteiger partial charge in [0.25, 0.3) is 0 Å². The van der Waals surface area contributed by atoms with Crippen LogP contribution in [0.2, 0.25) is 0 Å². The van der Waals surface area contributed by atoms with Gasteiger partial charge in [-0.15, -0.1) is 24.0 Å². The molecule has 0 radical (unpaired) electrons. The standard InChI is InChI=1S/C13H28N4O.HI/c1-3-17-8-6-12(11-17)10-16-13(14)15-7-5-9-18-4-2;/h12H,3-11H2,1-2H3,(H3,14,15,16);1H. The third-order valence-electron chi connectivity index (χ3n) is 3.31. The first-order valence-electron chi connectivity index (χ1n) is 7.10. The van der Waals surface area contributed by atoms with Gasteiger partial charge >= 0.3 is 0 Å². The van der Waals surface area contributed by atoms with E-state index < -0.39 is 0 Å².